The highest BCUT2D eigenvalue weighted by atomic mass is 16.5. The van der Waals surface area contributed by atoms with E-state index in [9.17, 15) is 9.59 Å². The molecule has 0 radical (unpaired) electrons. The third-order valence-electron chi connectivity index (χ3n) is 6.87. The third-order valence-corrected chi connectivity index (χ3v) is 6.87. The monoisotopic (exact) mass is 464 g/mol. The summed E-state index contributed by atoms with van der Waals surface area (Å²) in [6.45, 7) is 5.90. The fraction of sp³-hybridized carbons (Fsp3) is 0.481. The average molecular weight is 465 g/mol. The van der Waals surface area contributed by atoms with Crippen LogP contribution in [0.15, 0.2) is 48.5 Å². The lowest BCUT2D eigenvalue weighted by atomic mass is 9.96. The van der Waals surface area contributed by atoms with Gasteiger partial charge in [-0.2, -0.15) is 0 Å². The third kappa shape index (κ3) is 6.29. The quantitative estimate of drug-likeness (QED) is 0.677. The molecular weight excluding hydrogens is 428 g/mol. The molecule has 182 valence electrons. The van der Waals surface area contributed by atoms with Crippen molar-refractivity contribution in [3.63, 3.8) is 0 Å². The van der Waals surface area contributed by atoms with Crippen LogP contribution >= 0.6 is 0 Å². The molecule has 2 saturated heterocycles. The first-order valence-corrected chi connectivity index (χ1v) is 12.3. The van der Waals surface area contributed by atoms with Crippen LogP contribution in [0.3, 0.4) is 0 Å². The number of carbonyl (C=O) groups excluding carboxylic acids is 2. The zero-order valence-corrected chi connectivity index (χ0v) is 20.3. The van der Waals surface area contributed by atoms with Crippen LogP contribution in [0.4, 0.5) is 10.5 Å². The van der Waals surface area contributed by atoms with Crippen molar-refractivity contribution in [3.05, 3.63) is 59.7 Å². The lowest BCUT2D eigenvalue weighted by molar-refractivity contribution is -0.127. The number of methoxy groups -OCH3 is 1. The van der Waals surface area contributed by atoms with Gasteiger partial charge in [0.1, 0.15) is 5.75 Å². The van der Waals surface area contributed by atoms with E-state index in [0.717, 1.165) is 62.3 Å². The number of anilines is 1. The highest BCUT2D eigenvalue weighted by Crippen LogP contribution is 2.23. The van der Waals surface area contributed by atoms with Gasteiger partial charge in [-0.1, -0.05) is 30.3 Å². The first kappa shape index (κ1) is 24.1. The summed E-state index contributed by atoms with van der Waals surface area (Å²) in [5.74, 6) is 0.853. The van der Waals surface area contributed by atoms with Crippen LogP contribution in [0.25, 0.3) is 0 Å². The molecule has 3 amide bonds. The summed E-state index contributed by atoms with van der Waals surface area (Å²) < 4.78 is 5.48. The van der Waals surface area contributed by atoms with Gasteiger partial charge in [-0.15, -0.1) is 0 Å². The van der Waals surface area contributed by atoms with E-state index in [0.29, 0.717) is 13.1 Å². The largest absolute Gasteiger partial charge is 0.496 e. The number of carbonyl (C=O) groups is 2. The fourth-order valence-electron chi connectivity index (χ4n) is 4.93. The van der Waals surface area contributed by atoms with Crippen molar-refractivity contribution in [3.8, 4) is 5.75 Å². The lowest BCUT2D eigenvalue weighted by Gasteiger charge is -2.35. The molecule has 2 heterocycles. The zero-order chi connectivity index (χ0) is 23.9. The second kappa shape index (κ2) is 11.4. The Hall–Kier alpha value is -3.06. The molecule has 2 aliphatic rings. The van der Waals surface area contributed by atoms with E-state index >= 15 is 0 Å². The Labute approximate surface area is 202 Å². The van der Waals surface area contributed by atoms with Crippen molar-refractivity contribution < 1.29 is 14.3 Å². The van der Waals surface area contributed by atoms with Gasteiger partial charge in [0.25, 0.3) is 0 Å². The van der Waals surface area contributed by atoms with Crippen molar-refractivity contribution in [2.24, 2.45) is 5.92 Å². The molecule has 0 aromatic heterocycles. The van der Waals surface area contributed by atoms with Gasteiger partial charge < -0.3 is 20.3 Å². The molecule has 0 spiro atoms. The van der Waals surface area contributed by atoms with Crippen LogP contribution in [0, 0.1) is 12.8 Å². The second-order valence-electron chi connectivity index (χ2n) is 9.46. The maximum atomic E-state index is 13.0. The van der Waals surface area contributed by atoms with Crippen LogP contribution in [0.5, 0.6) is 5.75 Å². The summed E-state index contributed by atoms with van der Waals surface area (Å²) in [5, 5.41) is 6.23. The minimum absolute atomic E-state index is 0.0798. The van der Waals surface area contributed by atoms with Gasteiger partial charge in [0, 0.05) is 50.0 Å². The van der Waals surface area contributed by atoms with Crippen molar-refractivity contribution in [1.82, 2.24) is 15.1 Å². The highest BCUT2D eigenvalue weighted by Gasteiger charge is 2.30. The molecule has 7 heteroatoms. The minimum Gasteiger partial charge on any atom is -0.496 e. The van der Waals surface area contributed by atoms with E-state index in [4.69, 9.17) is 4.74 Å². The Kier molecular flexibility index (Phi) is 8.06. The smallest absolute Gasteiger partial charge is 0.321 e. The standard InChI is InChI=1S/C27H36N4O3/c1-20-7-5-10-24(17-20)29-27(33)31-14-6-9-22(19-31)26(32)28-23-12-15-30(16-13-23)18-21-8-3-4-11-25(21)34-2/h3-5,7-8,10-11,17,22-23H,6,9,12-16,18-19H2,1-2H3,(H,28,32)(H,29,33). The van der Waals surface area contributed by atoms with Gasteiger partial charge in [-0.3, -0.25) is 9.69 Å². The summed E-state index contributed by atoms with van der Waals surface area (Å²) in [7, 11) is 1.71. The number of hydrogen-bond donors (Lipinski definition) is 2. The molecule has 0 saturated carbocycles. The molecule has 1 atom stereocenters. The average Bonchev–Trinajstić information content (AvgIpc) is 2.85. The van der Waals surface area contributed by atoms with Crippen molar-refractivity contribution in [1.29, 1.82) is 0 Å². The van der Waals surface area contributed by atoms with E-state index in [2.05, 4.69) is 21.6 Å². The number of hydrogen-bond acceptors (Lipinski definition) is 4. The first-order valence-electron chi connectivity index (χ1n) is 12.3. The zero-order valence-electron chi connectivity index (χ0n) is 20.3. The Balaban J connectivity index is 1.23. The predicted octanol–water partition coefficient (Wildman–Crippen LogP) is 4.03. The second-order valence-corrected chi connectivity index (χ2v) is 9.46. The van der Waals surface area contributed by atoms with E-state index < -0.39 is 0 Å². The molecule has 2 aliphatic heterocycles. The number of nitrogens with one attached hydrogen (secondary N) is 2. The Morgan fingerprint density at radius 3 is 2.59 bits per heavy atom. The molecule has 2 aromatic rings. The van der Waals surface area contributed by atoms with Gasteiger partial charge in [0.05, 0.1) is 13.0 Å². The molecule has 34 heavy (non-hydrogen) atoms. The van der Waals surface area contributed by atoms with Gasteiger partial charge >= 0.3 is 6.03 Å². The summed E-state index contributed by atoms with van der Waals surface area (Å²) in [4.78, 5) is 29.9. The van der Waals surface area contributed by atoms with Crippen LogP contribution < -0.4 is 15.4 Å². The number of likely N-dealkylation sites (tertiary alicyclic amines) is 2. The Bertz CT molecular complexity index is 987. The summed E-state index contributed by atoms with van der Waals surface area (Å²) in [6, 6.07) is 16.0. The molecule has 7 nitrogen and oxygen atoms in total. The van der Waals surface area contributed by atoms with Crippen molar-refractivity contribution in [2.75, 3.05) is 38.6 Å². The van der Waals surface area contributed by atoms with Gasteiger partial charge in [-0.25, -0.2) is 4.79 Å². The Morgan fingerprint density at radius 2 is 1.82 bits per heavy atom. The van der Waals surface area contributed by atoms with Gasteiger partial charge in [0.15, 0.2) is 0 Å². The number of urea groups is 1. The molecule has 2 fully saturated rings. The minimum atomic E-state index is -0.149. The van der Waals surface area contributed by atoms with Crippen molar-refractivity contribution in [2.45, 2.75) is 45.2 Å². The highest BCUT2D eigenvalue weighted by molar-refractivity contribution is 5.90. The lowest BCUT2D eigenvalue weighted by Crippen LogP contribution is -2.50. The number of ether oxygens (including phenoxy) is 1. The number of benzene rings is 2. The molecule has 0 bridgehead atoms. The summed E-state index contributed by atoms with van der Waals surface area (Å²) >= 11 is 0. The van der Waals surface area contributed by atoms with Gasteiger partial charge in [-0.05, 0) is 56.4 Å². The van der Waals surface area contributed by atoms with Gasteiger partial charge in [0.2, 0.25) is 5.91 Å². The molecule has 1 unspecified atom stereocenters. The molecule has 2 N–H and O–H groups in total. The van der Waals surface area contributed by atoms with E-state index in [1.165, 1.54) is 5.56 Å². The topological polar surface area (TPSA) is 73.9 Å². The summed E-state index contributed by atoms with van der Waals surface area (Å²) in [6.07, 6.45) is 3.54. The number of nitrogens with zero attached hydrogens (tertiary/aromatic N) is 2. The van der Waals surface area contributed by atoms with Crippen LogP contribution in [-0.2, 0) is 11.3 Å². The van der Waals surface area contributed by atoms with Crippen molar-refractivity contribution >= 4 is 17.6 Å². The van der Waals surface area contributed by atoms with E-state index in [1.54, 1.807) is 12.0 Å². The number of amides is 3. The maximum Gasteiger partial charge on any atom is 0.321 e. The summed E-state index contributed by atoms with van der Waals surface area (Å²) in [5.41, 5.74) is 3.08. The SMILES string of the molecule is COc1ccccc1CN1CCC(NC(=O)C2CCCN(C(=O)Nc3cccc(C)c3)C2)CC1. The fourth-order valence-corrected chi connectivity index (χ4v) is 4.93. The normalized spacial score (nSPS) is 19.5. The predicted molar refractivity (Wildman–Crippen MR) is 134 cm³/mol. The number of piperidine rings is 2. The number of para-hydroxylation sites is 1. The van der Waals surface area contributed by atoms with Crippen LogP contribution in [0.1, 0.15) is 36.8 Å². The number of rotatable bonds is 6. The number of aryl methyl sites for hydroxylation is 1. The van der Waals surface area contributed by atoms with E-state index in [-0.39, 0.29) is 23.9 Å². The molecule has 2 aromatic carbocycles. The first-order chi connectivity index (χ1) is 16.5. The molecular formula is C27H36N4O3. The Morgan fingerprint density at radius 1 is 1.03 bits per heavy atom. The molecule has 0 aliphatic carbocycles. The maximum absolute atomic E-state index is 13.0. The van der Waals surface area contributed by atoms with Crippen LogP contribution in [0.2, 0.25) is 0 Å². The molecule has 4 rings (SSSR count). The van der Waals surface area contributed by atoms with Crippen LogP contribution in [-0.4, -0.2) is 61.1 Å². The van der Waals surface area contributed by atoms with E-state index in [1.807, 2.05) is 49.4 Å².